The van der Waals surface area contributed by atoms with Crippen molar-refractivity contribution in [3.63, 3.8) is 0 Å². The number of hydrogen-bond acceptors (Lipinski definition) is 3. The van der Waals surface area contributed by atoms with Gasteiger partial charge < -0.3 is 15.1 Å². The first-order chi connectivity index (χ1) is 8.57. The third-order valence-corrected chi connectivity index (χ3v) is 3.00. The summed E-state index contributed by atoms with van der Waals surface area (Å²) in [5, 5.41) is 18.4. The molecule has 0 aromatic heterocycles. The maximum absolute atomic E-state index is 13.8. The van der Waals surface area contributed by atoms with Crippen molar-refractivity contribution in [2.75, 3.05) is 25.1 Å². The minimum absolute atomic E-state index is 0.197. The second kappa shape index (κ2) is 7.34. The van der Waals surface area contributed by atoms with Gasteiger partial charge in [0.05, 0.1) is 11.8 Å². The predicted molar refractivity (Wildman–Crippen MR) is 71.2 cm³/mol. The number of nitrogens with zero attached hydrogens (tertiary/aromatic N) is 1. The SMILES string of the molecule is CC(O)c1cccc(F)c1N(C)CCCCCO. The summed E-state index contributed by atoms with van der Waals surface area (Å²) in [5.41, 5.74) is 1.08. The van der Waals surface area contributed by atoms with Crippen LogP contribution in [0.15, 0.2) is 18.2 Å². The molecule has 0 fully saturated rings. The number of benzene rings is 1. The van der Waals surface area contributed by atoms with Crippen molar-refractivity contribution in [2.24, 2.45) is 0 Å². The van der Waals surface area contributed by atoms with Crippen LogP contribution in [0.3, 0.4) is 0 Å². The molecule has 0 amide bonds. The van der Waals surface area contributed by atoms with Crippen molar-refractivity contribution >= 4 is 5.69 Å². The van der Waals surface area contributed by atoms with E-state index in [-0.39, 0.29) is 12.4 Å². The van der Waals surface area contributed by atoms with Gasteiger partial charge in [-0.1, -0.05) is 12.1 Å². The summed E-state index contributed by atoms with van der Waals surface area (Å²) < 4.78 is 13.8. The molecule has 1 aromatic carbocycles. The molecule has 0 saturated heterocycles. The second-order valence-corrected chi connectivity index (χ2v) is 4.56. The van der Waals surface area contributed by atoms with Gasteiger partial charge in [0.2, 0.25) is 0 Å². The minimum atomic E-state index is -0.685. The first-order valence-corrected chi connectivity index (χ1v) is 6.36. The van der Waals surface area contributed by atoms with Gasteiger partial charge in [-0.3, -0.25) is 0 Å². The average molecular weight is 255 g/mol. The van der Waals surface area contributed by atoms with E-state index in [1.807, 2.05) is 11.9 Å². The van der Waals surface area contributed by atoms with Gasteiger partial charge >= 0.3 is 0 Å². The van der Waals surface area contributed by atoms with E-state index in [1.165, 1.54) is 6.07 Å². The van der Waals surface area contributed by atoms with E-state index >= 15 is 0 Å². The monoisotopic (exact) mass is 255 g/mol. The van der Waals surface area contributed by atoms with Crippen LogP contribution in [0.25, 0.3) is 0 Å². The molecule has 0 spiro atoms. The van der Waals surface area contributed by atoms with Gasteiger partial charge in [0.15, 0.2) is 0 Å². The molecule has 18 heavy (non-hydrogen) atoms. The van der Waals surface area contributed by atoms with Crippen LogP contribution < -0.4 is 4.90 Å². The maximum atomic E-state index is 13.8. The number of unbranched alkanes of at least 4 members (excludes halogenated alkanes) is 2. The van der Waals surface area contributed by atoms with Gasteiger partial charge in [0.1, 0.15) is 5.82 Å². The van der Waals surface area contributed by atoms with E-state index in [9.17, 15) is 9.50 Å². The Balaban J connectivity index is 2.74. The lowest BCUT2D eigenvalue weighted by atomic mass is 10.1. The topological polar surface area (TPSA) is 43.7 Å². The first kappa shape index (κ1) is 14.9. The molecule has 2 N–H and O–H groups in total. The van der Waals surface area contributed by atoms with E-state index in [4.69, 9.17) is 5.11 Å². The summed E-state index contributed by atoms with van der Waals surface area (Å²) in [5.74, 6) is -0.307. The largest absolute Gasteiger partial charge is 0.396 e. The second-order valence-electron chi connectivity index (χ2n) is 4.56. The molecule has 0 aliphatic heterocycles. The Bertz CT molecular complexity index is 369. The first-order valence-electron chi connectivity index (χ1n) is 6.36. The lowest BCUT2D eigenvalue weighted by molar-refractivity contribution is 0.199. The van der Waals surface area contributed by atoms with E-state index in [0.29, 0.717) is 17.8 Å². The zero-order valence-corrected chi connectivity index (χ0v) is 11.1. The molecule has 1 rings (SSSR count). The summed E-state index contributed by atoms with van der Waals surface area (Å²) in [6.45, 7) is 2.54. The predicted octanol–water partition coefficient (Wildman–Crippen LogP) is 2.48. The summed E-state index contributed by atoms with van der Waals surface area (Å²) in [6.07, 6.45) is 1.90. The highest BCUT2D eigenvalue weighted by Crippen LogP contribution is 2.28. The number of rotatable bonds is 7. The minimum Gasteiger partial charge on any atom is -0.396 e. The normalized spacial score (nSPS) is 12.5. The lowest BCUT2D eigenvalue weighted by Gasteiger charge is -2.24. The Kier molecular flexibility index (Phi) is 6.09. The Morgan fingerprint density at radius 2 is 2.00 bits per heavy atom. The van der Waals surface area contributed by atoms with Gasteiger partial charge in [-0.05, 0) is 32.3 Å². The fourth-order valence-corrected chi connectivity index (χ4v) is 2.02. The Labute approximate surface area is 108 Å². The Morgan fingerprint density at radius 1 is 1.28 bits per heavy atom. The summed E-state index contributed by atoms with van der Waals surface area (Å²) >= 11 is 0. The van der Waals surface area contributed by atoms with Crippen LogP contribution in [0.5, 0.6) is 0 Å². The van der Waals surface area contributed by atoms with Crippen LogP contribution in [-0.2, 0) is 0 Å². The van der Waals surface area contributed by atoms with Crippen LogP contribution in [0.4, 0.5) is 10.1 Å². The van der Waals surface area contributed by atoms with Crippen molar-refractivity contribution < 1.29 is 14.6 Å². The standard InChI is InChI=1S/C14H22FNO2/c1-11(18)12-7-6-8-13(15)14(12)16(2)9-4-3-5-10-17/h6-8,11,17-18H,3-5,9-10H2,1-2H3. The van der Waals surface area contributed by atoms with Crippen molar-refractivity contribution in [3.05, 3.63) is 29.6 Å². The summed E-state index contributed by atoms with van der Waals surface area (Å²) in [4.78, 5) is 1.83. The van der Waals surface area contributed by atoms with Gasteiger partial charge in [0, 0.05) is 25.8 Å². The van der Waals surface area contributed by atoms with Crippen LogP contribution >= 0.6 is 0 Å². The van der Waals surface area contributed by atoms with Crippen LogP contribution in [-0.4, -0.2) is 30.4 Å². The van der Waals surface area contributed by atoms with Crippen LogP contribution in [0.2, 0.25) is 0 Å². The third-order valence-electron chi connectivity index (χ3n) is 3.00. The molecule has 0 saturated carbocycles. The molecule has 0 radical (unpaired) electrons. The Hall–Kier alpha value is -1.13. The van der Waals surface area contributed by atoms with Gasteiger partial charge in [-0.25, -0.2) is 4.39 Å². The molecular formula is C14H22FNO2. The fourth-order valence-electron chi connectivity index (χ4n) is 2.02. The smallest absolute Gasteiger partial charge is 0.146 e. The van der Waals surface area contributed by atoms with Crippen molar-refractivity contribution in [3.8, 4) is 0 Å². The molecule has 1 aromatic rings. The van der Waals surface area contributed by atoms with Gasteiger partial charge in [-0.15, -0.1) is 0 Å². The zero-order valence-electron chi connectivity index (χ0n) is 11.1. The zero-order chi connectivity index (χ0) is 13.5. The molecule has 0 aliphatic carbocycles. The third kappa shape index (κ3) is 3.96. The number of aliphatic hydroxyl groups excluding tert-OH is 2. The van der Waals surface area contributed by atoms with Crippen LogP contribution in [0, 0.1) is 5.82 Å². The van der Waals surface area contributed by atoms with Crippen molar-refractivity contribution in [2.45, 2.75) is 32.3 Å². The maximum Gasteiger partial charge on any atom is 0.146 e. The van der Waals surface area contributed by atoms with E-state index < -0.39 is 6.10 Å². The van der Waals surface area contributed by atoms with E-state index in [1.54, 1.807) is 19.1 Å². The van der Waals surface area contributed by atoms with Gasteiger partial charge in [-0.2, -0.15) is 0 Å². The molecule has 0 aliphatic rings. The highest BCUT2D eigenvalue weighted by Gasteiger charge is 2.15. The molecule has 0 bridgehead atoms. The number of para-hydroxylation sites is 1. The molecule has 3 nitrogen and oxygen atoms in total. The lowest BCUT2D eigenvalue weighted by Crippen LogP contribution is -2.22. The van der Waals surface area contributed by atoms with E-state index in [0.717, 1.165) is 19.3 Å². The summed E-state index contributed by atoms with van der Waals surface area (Å²) in [7, 11) is 1.82. The molecule has 0 heterocycles. The number of aliphatic hydroxyl groups is 2. The fraction of sp³-hybridized carbons (Fsp3) is 0.571. The number of halogens is 1. The molecular weight excluding hydrogens is 233 g/mol. The van der Waals surface area contributed by atoms with Crippen LogP contribution in [0.1, 0.15) is 37.9 Å². The van der Waals surface area contributed by atoms with Crippen molar-refractivity contribution in [1.82, 2.24) is 0 Å². The van der Waals surface area contributed by atoms with Gasteiger partial charge in [0.25, 0.3) is 0 Å². The average Bonchev–Trinajstić information content (AvgIpc) is 2.34. The molecule has 4 heteroatoms. The quantitative estimate of drug-likeness (QED) is 0.736. The molecule has 1 atom stereocenters. The molecule has 1 unspecified atom stereocenters. The van der Waals surface area contributed by atoms with Crippen molar-refractivity contribution in [1.29, 1.82) is 0 Å². The Morgan fingerprint density at radius 3 is 2.61 bits per heavy atom. The highest BCUT2D eigenvalue weighted by molar-refractivity contribution is 5.55. The van der Waals surface area contributed by atoms with E-state index in [2.05, 4.69) is 0 Å². The highest BCUT2D eigenvalue weighted by atomic mass is 19.1. The summed E-state index contributed by atoms with van der Waals surface area (Å²) in [6, 6.07) is 4.76. The number of hydrogen-bond donors (Lipinski definition) is 2. The number of anilines is 1. The molecule has 102 valence electrons.